The van der Waals surface area contributed by atoms with Gasteiger partial charge < -0.3 is 15.2 Å². The number of ether oxygens (including phenoxy) is 1. The Morgan fingerprint density at radius 3 is 2.93 bits per heavy atom. The number of nitrogens with zero attached hydrogens (tertiary/aromatic N) is 3. The van der Waals surface area contributed by atoms with Gasteiger partial charge in [-0.2, -0.15) is 0 Å². The summed E-state index contributed by atoms with van der Waals surface area (Å²) in [6.45, 7) is -0.169. The molecule has 1 aliphatic rings. The summed E-state index contributed by atoms with van der Waals surface area (Å²) in [5.74, 6) is 0.680. The van der Waals surface area contributed by atoms with Crippen LogP contribution in [-0.2, 0) is 11.2 Å². The highest BCUT2D eigenvalue weighted by Gasteiger charge is 2.24. The van der Waals surface area contributed by atoms with E-state index in [2.05, 4.69) is 20.3 Å². The predicted molar refractivity (Wildman–Crippen MR) is 103 cm³/mol. The zero-order valence-electron chi connectivity index (χ0n) is 15.2. The van der Waals surface area contributed by atoms with Crippen molar-refractivity contribution < 1.29 is 14.6 Å². The van der Waals surface area contributed by atoms with Gasteiger partial charge in [0.1, 0.15) is 0 Å². The number of carbonyl (C=O) groups is 1. The summed E-state index contributed by atoms with van der Waals surface area (Å²) < 4.78 is 5.40. The predicted octanol–water partition coefficient (Wildman–Crippen LogP) is 2.82. The molecule has 3 aromatic rings. The Labute approximate surface area is 162 Å². The zero-order valence-corrected chi connectivity index (χ0v) is 15.2. The second-order valence-electron chi connectivity index (χ2n) is 6.61. The lowest BCUT2D eigenvalue weighted by Gasteiger charge is -2.25. The number of phenolic OH excluding ortho intramolecular Hbond substituents is 1. The molecule has 0 unspecified atom stereocenters. The first-order chi connectivity index (χ1) is 13.7. The number of pyridine rings is 1. The van der Waals surface area contributed by atoms with Crippen molar-refractivity contribution in [1.82, 2.24) is 20.3 Å². The summed E-state index contributed by atoms with van der Waals surface area (Å²) in [7, 11) is 0. The maximum atomic E-state index is 12.3. The fraction of sp³-hybridized carbons (Fsp3) is 0.238. The van der Waals surface area contributed by atoms with Crippen LogP contribution in [0.4, 0.5) is 0 Å². The third kappa shape index (κ3) is 3.93. The molecule has 0 saturated heterocycles. The topological polar surface area (TPSA) is 97.2 Å². The first-order valence-electron chi connectivity index (χ1n) is 9.17. The molecule has 0 fully saturated rings. The van der Waals surface area contributed by atoms with Gasteiger partial charge in [-0.25, -0.2) is 9.97 Å². The van der Waals surface area contributed by atoms with E-state index in [9.17, 15) is 9.90 Å². The zero-order chi connectivity index (χ0) is 19.3. The Kier molecular flexibility index (Phi) is 5.14. The lowest BCUT2D eigenvalue weighted by Crippen LogP contribution is -2.34. The molecule has 1 aromatic carbocycles. The van der Waals surface area contributed by atoms with Crippen molar-refractivity contribution >= 4 is 5.91 Å². The van der Waals surface area contributed by atoms with Gasteiger partial charge >= 0.3 is 0 Å². The number of hydrogen-bond donors (Lipinski definition) is 2. The average Bonchev–Trinajstić information content (AvgIpc) is 2.74. The molecule has 4 rings (SSSR count). The number of para-hydroxylation sites is 2. The van der Waals surface area contributed by atoms with Gasteiger partial charge in [0, 0.05) is 35.4 Å². The van der Waals surface area contributed by atoms with Crippen molar-refractivity contribution in [3.63, 3.8) is 0 Å². The molecule has 0 radical (unpaired) electrons. The molecule has 1 amide bonds. The average molecular weight is 376 g/mol. The summed E-state index contributed by atoms with van der Waals surface area (Å²) >= 11 is 0. The van der Waals surface area contributed by atoms with Crippen LogP contribution in [0.5, 0.6) is 11.5 Å². The fourth-order valence-corrected chi connectivity index (χ4v) is 3.29. The standard InChI is InChI=1S/C21H20N4O3/c26-18-8-1-2-9-19(18)28-13-20(27)24-16-6-3-7-17-15(16)12-23-21(25-17)14-5-4-10-22-11-14/h1-2,4-5,8-12,16,26H,3,6-7,13H2,(H,24,27)/t16-/m0/s1. The van der Waals surface area contributed by atoms with Gasteiger partial charge in [-0.15, -0.1) is 0 Å². The normalized spacial score (nSPS) is 15.5. The molecule has 0 saturated carbocycles. The Bertz CT molecular complexity index is 978. The van der Waals surface area contributed by atoms with E-state index in [0.29, 0.717) is 5.82 Å². The highest BCUT2D eigenvalue weighted by molar-refractivity contribution is 5.78. The van der Waals surface area contributed by atoms with E-state index in [1.165, 1.54) is 6.07 Å². The van der Waals surface area contributed by atoms with Crippen LogP contribution in [0.2, 0.25) is 0 Å². The van der Waals surface area contributed by atoms with Gasteiger partial charge in [0.05, 0.1) is 6.04 Å². The van der Waals surface area contributed by atoms with Gasteiger partial charge in [-0.1, -0.05) is 12.1 Å². The minimum absolute atomic E-state index is 0.00893. The van der Waals surface area contributed by atoms with E-state index in [-0.39, 0.29) is 30.1 Å². The van der Waals surface area contributed by atoms with Crippen LogP contribution in [0, 0.1) is 0 Å². The van der Waals surface area contributed by atoms with Crippen LogP contribution in [0.1, 0.15) is 30.1 Å². The molecule has 142 valence electrons. The molecule has 2 heterocycles. The van der Waals surface area contributed by atoms with E-state index in [4.69, 9.17) is 4.74 Å². The van der Waals surface area contributed by atoms with Gasteiger partial charge in [0.2, 0.25) is 0 Å². The number of hydrogen-bond acceptors (Lipinski definition) is 6. The quantitative estimate of drug-likeness (QED) is 0.711. The van der Waals surface area contributed by atoms with Gasteiger partial charge in [0.25, 0.3) is 5.91 Å². The largest absolute Gasteiger partial charge is 0.504 e. The number of carbonyl (C=O) groups excluding carboxylic acids is 1. The number of benzene rings is 1. The molecular formula is C21H20N4O3. The first-order valence-corrected chi connectivity index (χ1v) is 9.17. The lowest BCUT2D eigenvalue weighted by molar-refractivity contribution is -0.124. The van der Waals surface area contributed by atoms with Gasteiger partial charge in [-0.05, 0) is 43.5 Å². The molecule has 0 bridgehead atoms. The molecule has 28 heavy (non-hydrogen) atoms. The fourth-order valence-electron chi connectivity index (χ4n) is 3.29. The van der Waals surface area contributed by atoms with Crippen LogP contribution in [0.15, 0.2) is 55.0 Å². The maximum absolute atomic E-state index is 12.3. The Balaban J connectivity index is 1.44. The molecule has 2 aromatic heterocycles. The third-order valence-electron chi connectivity index (χ3n) is 4.66. The summed E-state index contributed by atoms with van der Waals surface area (Å²) in [6.07, 6.45) is 7.85. The summed E-state index contributed by atoms with van der Waals surface area (Å²) in [6, 6.07) is 10.2. The molecule has 7 heteroatoms. The minimum Gasteiger partial charge on any atom is -0.504 e. The number of amides is 1. The minimum atomic E-state index is -0.252. The molecule has 1 atom stereocenters. The summed E-state index contributed by atoms with van der Waals surface area (Å²) in [4.78, 5) is 25.6. The number of fused-ring (bicyclic) bond motifs is 1. The Morgan fingerprint density at radius 1 is 1.21 bits per heavy atom. The van der Waals surface area contributed by atoms with Crippen molar-refractivity contribution in [3.8, 4) is 22.9 Å². The van der Waals surface area contributed by atoms with Crippen molar-refractivity contribution in [2.75, 3.05) is 6.61 Å². The van der Waals surface area contributed by atoms with Gasteiger partial charge in [0.15, 0.2) is 23.9 Å². The monoisotopic (exact) mass is 376 g/mol. The van der Waals surface area contributed by atoms with E-state index in [1.807, 2.05) is 12.1 Å². The smallest absolute Gasteiger partial charge is 0.258 e. The number of aryl methyl sites for hydroxylation is 1. The number of rotatable bonds is 5. The number of phenols is 1. The number of aromatic hydroxyl groups is 1. The van der Waals surface area contributed by atoms with Crippen LogP contribution < -0.4 is 10.1 Å². The van der Waals surface area contributed by atoms with Crippen molar-refractivity contribution in [2.45, 2.75) is 25.3 Å². The second kappa shape index (κ2) is 8.04. The molecule has 7 nitrogen and oxygen atoms in total. The SMILES string of the molecule is O=C(COc1ccccc1O)N[C@H]1CCCc2nc(-c3cccnc3)ncc21. The van der Waals surface area contributed by atoms with Crippen LogP contribution in [0.25, 0.3) is 11.4 Å². The summed E-state index contributed by atoms with van der Waals surface area (Å²) in [5.41, 5.74) is 2.76. The Hall–Kier alpha value is -3.48. The molecule has 1 aliphatic carbocycles. The van der Waals surface area contributed by atoms with E-state index < -0.39 is 0 Å². The Morgan fingerprint density at radius 2 is 2.11 bits per heavy atom. The first kappa shape index (κ1) is 17.9. The van der Waals surface area contributed by atoms with Crippen LogP contribution in [0.3, 0.4) is 0 Å². The van der Waals surface area contributed by atoms with Crippen molar-refractivity contribution in [3.05, 3.63) is 66.2 Å². The maximum Gasteiger partial charge on any atom is 0.258 e. The van der Waals surface area contributed by atoms with Crippen molar-refractivity contribution in [1.29, 1.82) is 0 Å². The molecule has 0 spiro atoms. The van der Waals surface area contributed by atoms with E-state index in [1.54, 1.807) is 36.8 Å². The van der Waals surface area contributed by atoms with Gasteiger partial charge in [-0.3, -0.25) is 9.78 Å². The lowest BCUT2D eigenvalue weighted by atomic mass is 9.92. The second-order valence-corrected chi connectivity index (χ2v) is 6.61. The molecule has 2 N–H and O–H groups in total. The number of nitrogens with one attached hydrogen (secondary N) is 1. The number of aromatic nitrogens is 3. The highest BCUT2D eigenvalue weighted by Crippen LogP contribution is 2.29. The molecular weight excluding hydrogens is 356 g/mol. The molecule has 0 aliphatic heterocycles. The van der Waals surface area contributed by atoms with E-state index in [0.717, 1.165) is 36.1 Å². The van der Waals surface area contributed by atoms with Crippen LogP contribution in [-0.4, -0.2) is 32.6 Å². The van der Waals surface area contributed by atoms with Crippen molar-refractivity contribution in [2.24, 2.45) is 0 Å². The third-order valence-corrected chi connectivity index (χ3v) is 4.66. The van der Waals surface area contributed by atoms with E-state index >= 15 is 0 Å². The van der Waals surface area contributed by atoms with Crippen LogP contribution >= 0.6 is 0 Å². The highest BCUT2D eigenvalue weighted by atomic mass is 16.5. The summed E-state index contributed by atoms with van der Waals surface area (Å²) in [5, 5.41) is 12.7.